The maximum atomic E-state index is 14.0. The van der Waals surface area contributed by atoms with E-state index in [2.05, 4.69) is 10.6 Å². The first kappa shape index (κ1) is 27.4. The lowest BCUT2D eigenvalue weighted by molar-refractivity contribution is -0.163. The van der Waals surface area contributed by atoms with Crippen LogP contribution in [0.2, 0.25) is 0 Å². The fourth-order valence-corrected chi connectivity index (χ4v) is 4.46. The molecule has 194 valence electrons. The lowest BCUT2D eigenvalue weighted by Crippen LogP contribution is -2.39. The molecule has 36 heavy (non-hydrogen) atoms. The van der Waals surface area contributed by atoms with Gasteiger partial charge in [-0.3, -0.25) is 4.79 Å². The molecule has 1 fully saturated rings. The van der Waals surface area contributed by atoms with Gasteiger partial charge in [-0.05, 0) is 35.9 Å². The third-order valence-corrected chi connectivity index (χ3v) is 6.09. The third kappa shape index (κ3) is 6.94. The molecule has 0 unspecified atom stereocenters. The number of amides is 3. The highest BCUT2D eigenvalue weighted by Gasteiger charge is 2.46. The zero-order chi connectivity index (χ0) is 26.5. The standard InChI is InChI=1S/C23H21F6N3O3S/c1-30-21(34)31-15-3-2-4-16(13-15)36-17-7-5-14(6-8-18(33)32-9-11-35-12-10-32)19(22(24,25)26)20(17)23(27,28)29/h2-8,13H,9-12H2,1H3,(H2,30,31,34). The van der Waals surface area contributed by atoms with Crippen LogP contribution in [0, 0.1) is 0 Å². The maximum absolute atomic E-state index is 14.0. The number of anilines is 1. The largest absolute Gasteiger partial charge is 0.418 e. The van der Waals surface area contributed by atoms with Crippen molar-refractivity contribution in [1.29, 1.82) is 0 Å². The molecule has 6 nitrogen and oxygen atoms in total. The molecule has 0 atom stereocenters. The van der Waals surface area contributed by atoms with E-state index in [1.807, 2.05) is 0 Å². The average Bonchev–Trinajstić information content (AvgIpc) is 2.82. The van der Waals surface area contributed by atoms with Gasteiger partial charge in [0.1, 0.15) is 0 Å². The number of hydrogen-bond donors (Lipinski definition) is 2. The van der Waals surface area contributed by atoms with Crippen LogP contribution in [0.15, 0.2) is 52.3 Å². The monoisotopic (exact) mass is 533 g/mol. The van der Waals surface area contributed by atoms with Crippen molar-refractivity contribution < 1.29 is 40.7 Å². The number of alkyl halides is 6. The maximum Gasteiger partial charge on any atom is 0.418 e. The highest BCUT2D eigenvalue weighted by molar-refractivity contribution is 7.99. The van der Waals surface area contributed by atoms with Crippen LogP contribution in [0.3, 0.4) is 0 Å². The van der Waals surface area contributed by atoms with E-state index >= 15 is 0 Å². The fourth-order valence-electron chi connectivity index (χ4n) is 3.42. The minimum atomic E-state index is -5.36. The van der Waals surface area contributed by atoms with Crippen molar-refractivity contribution in [2.75, 3.05) is 38.7 Å². The van der Waals surface area contributed by atoms with Crippen LogP contribution in [0.1, 0.15) is 16.7 Å². The minimum Gasteiger partial charge on any atom is -0.378 e. The first-order chi connectivity index (χ1) is 16.9. The number of ether oxygens (including phenoxy) is 1. The SMILES string of the molecule is CNC(=O)Nc1cccc(Sc2ccc(C=CC(=O)N3CCOCC3)c(C(F)(F)F)c2C(F)(F)F)c1. The Labute approximate surface area is 206 Å². The molecule has 0 bridgehead atoms. The summed E-state index contributed by atoms with van der Waals surface area (Å²) >= 11 is 0.471. The molecule has 0 saturated carbocycles. The molecule has 1 aliphatic rings. The Hall–Kier alpha value is -3.19. The highest BCUT2D eigenvalue weighted by atomic mass is 32.2. The van der Waals surface area contributed by atoms with Gasteiger partial charge in [-0.25, -0.2) is 4.79 Å². The number of rotatable bonds is 5. The summed E-state index contributed by atoms with van der Waals surface area (Å²) in [5.41, 5.74) is -4.28. The summed E-state index contributed by atoms with van der Waals surface area (Å²) in [6.07, 6.45) is -9.12. The fraction of sp³-hybridized carbons (Fsp3) is 0.304. The van der Waals surface area contributed by atoms with Gasteiger partial charge in [-0.15, -0.1) is 0 Å². The lowest BCUT2D eigenvalue weighted by atomic mass is 9.99. The molecule has 2 N–H and O–H groups in total. The second-order valence-electron chi connectivity index (χ2n) is 7.50. The summed E-state index contributed by atoms with van der Waals surface area (Å²) in [7, 11) is 1.37. The zero-order valence-electron chi connectivity index (χ0n) is 18.8. The number of nitrogens with one attached hydrogen (secondary N) is 2. The Morgan fingerprint density at radius 3 is 2.28 bits per heavy atom. The van der Waals surface area contributed by atoms with E-state index in [9.17, 15) is 35.9 Å². The van der Waals surface area contributed by atoms with Gasteiger partial charge >= 0.3 is 18.4 Å². The average molecular weight is 533 g/mol. The molecular formula is C23H21F6N3O3S. The van der Waals surface area contributed by atoms with Crippen molar-refractivity contribution in [2.45, 2.75) is 22.1 Å². The van der Waals surface area contributed by atoms with E-state index in [4.69, 9.17) is 4.74 Å². The molecule has 1 aliphatic heterocycles. The number of morpholine rings is 1. The van der Waals surface area contributed by atoms with Crippen LogP contribution in [-0.4, -0.2) is 50.2 Å². The van der Waals surface area contributed by atoms with Gasteiger partial charge in [0.05, 0.1) is 24.3 Å². The second-order valence-corrected chi connectivity index (χ2v) is 8.62. The number of urea groups is 1. The van der Waals surface area contributed by atoms with E-state index in [0.717, 1.165) is 24.3 Å². The molecule has 13 heteroatoms. The normalized spacial score (nSPS) is 14.7. The van der Waals surface area contributed by atoms with Crippen LogP contribution in [0.5, 0.6) is 0 Å². The van der Waals surface area contributed by atoms with Crippen molar-refractivity contribution in [1.82, 2.24) is 10.2 Å². The Kier molecular flexibility index (Phi) is 8.56. The Morgan fingerprint density at radius 1 is 1.00 bits per heavy atom. The second kappa shape index (κ2) is 11.2. The van der Waals surface area contributed by atoms with Gasteiger partial charge in [0, 0.05) is 41.7 Å². The predicted octanol–water partition coefficient (Wildman–Crippen LogP) is 5.50. The first-order valence-electron chi connectivity index (χ1n) is 10.5. The highest BCUT2D eigenvalue weighted by Crippen LogP contribution is 2.48. The molecule has 2 aromatic rings. The Morgan fingerprint density at radius 2 is 1.67 bits per heavy atom. The van der Waals surface area contributed by atoms with Gasteiger partial charge in [0.2, 0.25) is 5.91 Å². The first-order valence-corrected chi connectivity index (χ1v) is 11.3. The number of halogens is 6. The van der Waals surface area contributed by atoms with Gasteiger partial charge in [0.15, 0.2) is 0 Å². The summed E-state index contributed by atoms with van der Waals surface area (Å²) in [5.74, 6) is -0.626. The molecule has 1 saturated heterocycles. The van der Waals surface area contributed by atoms with E-state index in [0.29, 0.717) is 11.8 Å². The van der Waals surface area contributed by atoms with Crippen molar-refractivity contribution in [3.63, 3.8) is 0 Å². The molecule has 0 aliphatic carbocycles. The van der Waals surface area contributed by atoms with Crippen LogP contribution in [0.25, 0.3) is 6.08 Å². The smallest absolute Gasteiger partial charge is 0.378 e. The van der Waals surface area contributed by atoms with E-state index < -0.39 is 45.9 Å². The third-order valence-electron chi connectivity index (χ3n) is 5.04. The minimum absolute atomic E-state index is 0.174. The van der Waals surface area contributed by atoms with Crippen molar-refractivity contribution in [3.8, 4) is 0 Å². The van der Waals surface area contributed by atoms with E-state index in [1.165, 1.54) is 36.2 Å². The summed E-state index contributed by atoms with van der Waals surface area (Å²) in [4.78, 5) is 24.6. The molecule has 0 spiro atoms. The molecular weight excluding hydrogens is 512 g/mol. The number of benzene rings is 2. The number of hydrogen-bond acceptors (Lipinski definition) is 4. The van der Waals surface area contributed by atoms with Crippen molar-refractivity contribution in [3.05, 3.63) is 59.2 Å². The van der Waals surface area contributed by atoms with Gasteiger partial charge < -0.3 is 20.3 Å². The topological polar surface area (TPSA) is 70.7 Å². The summed E-state index contributed by atoms with van der Waals surface area (Å²) in [6.45, 7) is 0.980. The molecule has 2 aromatic carbocycles. The van der Waals surface area contributed by atoms with Gasteiger partial charge in [-0.1, -0.05) is 23.9 Å². The lowest BCUT2D eigenvalue weighted by Gasteiger charge is -2.25. The summed E-state index contributed by atoms with van der Waals surface area (Å²) in [5, 5.41) is 4.76. The van der Waals surface area contributed by atoms with Crippen molar-refractivity contribution >= 4 is 35.5 Å². The number of carbonyl (C=O) groups excluding carboxylic acids is 2. The summed E-state index contributed by atoms with van der Waals surface area (Å²) in [6, 6.07) is 6.92. The molecule has 0 aromatic heterocycles. The van der Waals surface area contributed by atoms with E-state index in [1.54, 1.807) is 0 Å². The number of carbonyl (C=O) groups is 2. The zero-order valence-corrected chi connectivity index (χ0v) is 19.6. The Bertz CT molecular complexity index is 1140. The quantitative estimate of drug-likeness (QED) is 0.394. The van der Waals surface area contributed by atoms with E-state index in [-0.39, 0.29) is 36.9 Å². The summed E-state index contributed by atoms with van der Waals surface area (Å²) < 4.78 is 89.1. The molecule has 3 amide bonds. The van der Waals surface area contributed by atoms with Crippen molar-refractivity contribution in [2.24, 2.45) is 0 Å². The van der Waals surface area contributed by atoms with Crippen LogP contribution >= 0.6 is 11.8 Å². The molecule has 0 radical (unpaired) electrons. The van der Waals surface area contributed by atoms with Crippen LogP contribution in [-0.2, 0) is 21.9 Å². The van der Waals surface area contributed by atoms with Gasteiger partial charge in [-0.2, -0.15) is 26.3 Å². The number of nitrogens with zero attached hydrogens (tertiary/aromatic N) is 1. The van der Waals surface area contributed by atoms with Gasteiger partial charge in [0.25, 0.3) is 0 Å². The predicted molar refractivity (Wildman–Crippen MR) is 122 cm³/mol. The molecule has 3 rings (SSSR count). The Balaban J connectivity index is 2.02. The molecule has 1 heterocycles. The van der Waals surface area contributed by atoms with Crippen LogP contribution < -0.4 is 10.6 Å². The van der Waals surface area contributed by atoms with Crippen LogP contribution in [0.4, 0.5) is 36.8 Å².